The van der Waals surface area contributed by atoms with E-state index >= 15 is 0 Å². The number of benzene rings is 3. The van der Waals surface area contributed by atoms with E-state index < -0.39 is 0 Å². The number of hydrogen-bond acceptors (Lipinski definition) is 3. The van der Waals surface area contributed by atoms with Crippen LogP contribution < -0.4 is 0 Å². The first kappa shape index (κ1) is 20.6. The van der Waals surface area contributed by atoms with Gasteiger partial charge in [0, 0.05) is 36.3 Å². The summed E-state index contributed by atoms with van der Waals surface area (Å²) in [6, 6.07) is 29.4. The van der Waals surface area contributed by atoms with Crippen molar-refractivity contribution in [1.29, 1.82) is 0 Å². The molecule has 162 valence electrons. The summed E-state index contributed by atoms with van der Waals surface area (Å²) in [6.07, 6.45) is 0. The fourth-order valence-electron chi connectivity index (χ4n) is 4.18. The van der Waals surface area contributed by atoms with E-state index in [0.717, 1.165) is 27.4 Å². The lowest BCUT2D eigenvalue weighted by atomic mass is 10.1. The number of rotatable bonds is 6. The number of fused-ring (bicyclic) bond motifs is 3. The number of H-pyrrole nitrogens is 1. The summed E-state index contributed by atoms with van der Waals surface area (Å²) in [4.78, 5) is 35.8. The lowest BCUT2D eigenvalue weighted by Gasteiger charge is -2.23. The molecule has 0 unspecified atom stereocenters. The third-order valence-electron chi connectivity index (χ3n) is 5.77. The number of ketones is 1. The molecule has 0 saturated heterocycles. The van der Waals surface area contributed by atoms with Crippen LogP contribution in [0.1, 0.15) is 39.0 Å². The monoisotopic (exact) mass is 433 g/mol. The highest BCUT2D eigenvalue weighted by Crippen LogP contribution is 2.28. The molecule has 5 heteroatoms. The van der Waals surface area contributed by atoms with E-state index in [0.29, 0.717) is 18.6 Å². The first-order chi connectivity index (χ1) is 16.1. The Balaban J connectivity index is 1.61. The average Bonchev–Trinajstić information content (AvgIpc) is 3.22. The van der Waals surface area contributed by atoms with E-state index in [1.165, 1.54) is 6.92 Å². The van der Waals surface area contributed by atoms with Crippen LogP contribution in [0.3, 0.4) is 0 Å². The number of carbonyl (C=O) groups is 2. The van der Waals surface area contributed by atoms with Crippen molar-refractivity contribution in [3.8, 4) is 0 Å². The molecule has 33 heavy (non-hydrogen) atoms. The van der Waals surface area contributed by atoms with Crippen LogP contribution in [0.15, 0.2) is 91.0 Å². The topological polar surface area (TPSA) is 66.1 Å². The van der Waals surface area contributed by atoms with E-state index in [1.54, 1.807) is 11.0 Å². The van der Waals surface area contributed by atoms with E-state index in [1.807, 2.05) is 84.9 Å². The number of amides is 1. The molecule has 0 aliphatic heterocycles. The molecule has 5 rings (SSSR count). The maximum absolute atomic E-state index is 13.8. The van der Waals surface area contributed by atoms with Gasteiger partial charge in [-0.25, -0.2) is 4.98 Å². The molecule has 0 saturated carbocycles. The van der Waals surface area contributed by atoms with E-state index in [2.05, 4.69) is 9.97 Å². The van der Waals surface area contributed by atoms with Gasteiger partial charge in [0.05, 0.1) is 5.52 Å². The summed E-state index contributed by atoms with van der Waals surface area (Å²) in [5, 5.41) is 1.79. The third kappa shape index (κ3) is 4.13. The Labute approximate surface area is 191 Å². The van der Waals surface area contributed by atoms with Crippen molar-refractivity contribution < 1.29 is 9.59 Å². The number of para-hydroxylation sites is 1. The molecule has 0 aliphatic carbocycles. The van der Waals surface area contributed by atoms with Gasteiger partial charge in [0.25, 0.3) is 5.91 Å². The molecule has 0 aliphatic rings. The number of nitrogens with one attached hydrogen (secondary N) is 1. The van der Waals surface area contributed by atoms with Crippen LogP contribution in [-0.2, 0) is 13.1 Å². The minimum Gasteiger partial charge on any atom is -0.353 e. The number of carbonyl (C=O) groups excluding carboxylic acids is 2. The van der Waals surface area contributed by atoms with Crippen LogP contribution in [-0.4, -0.2) is 26.6 Å². The summed E-state index contributed by atoms with van der Waals surface area (Å²) in [5.41, 5.74) is 4.18. The molecule has 5 aromatic rings. The Bertz CT molecular complexity index is 1420. The van der Waals surface area contributed by atoms with Crippen molar-refractivity contribution in [3.05, 3.63) is 114 Å². The average molecular weight is 434 g/mol. The highest BCUT2D eigenvalue weighted by atomic mass is 16.2. The molecule has 5 nitrogen and oxygen atoms in total. The minimum absolute atomic E-state index is 0.182. The Hall–Kier alpha value is -4.25. The summed E-state index contributed by atoms with van der Waals surface area (Å²) in [5.74, 6) is -0.392. The molecule has 1 N–H and O–H groups in total. The molecule has 0 fully saturated rings. The maximum Gasteiger partial charge on any atom is 0.273 e. The lowest BCUT2D eigenvalue weighted by molar-refractivity contribution is 0.0724. The summed E-state index contributed by atoms with van der Waals surface area (Å²) >= 11 is 0. The maximum atomic E-state index is 13.8. The van der Waals surface area contributed by atoms with Crippen molar-refractivity contribution in [2.75, 3.05) is 0 Å². The molecular formula is C28H23N3O2. The second-order valence-corrected chi connectivity index (χ2v) is 8.14. The SMILES string of the molecule is CC(=O)c1nc(C(=O)N(Cc2ccccc2)Cc2ccccc2)cc2c1[nH]c1ccccc12. The third-order valence-corrected chi connectivity index (χ3v) is 5.77. The van der Waals surface area contributed by atoms with Crippen molar-refractivity contribution in [2.24, 2.45) is 0 Å². The molecular weight excluding hydrogens is 410 g/mol. The van der Waals surface area contributed by atoms with Crippen LogP contribution in [0.5, 0.6) is 0 Å². The van der Waals surface area contributed by atoms with Crippen LogP contribution in [0.4, 0.5) is 0 Å². The van der Waals surface area contributed by atoms with Gasteiger partial charge in [-0.2, -0.15) is 0 Å². The van der Waals surface area contributed by atoms with Crippen LogP contribution in [0.25, 0.3) is 21.8 Å². The van der Waals surface area contributed by atoms with Crippen molar-refractivity contribution in [3.63, 3.8) is 0 Å². The molecule has 2 aromatic heterocycles. The molecule has 0 atom stereocenters. The van der Waals surface area contributed by atoms with Gasteiger partial charge in [-0.1, -0.05) is 78.9 Å². The predicted octanol–water partition coefficient (Wildman–Crippen LogP) is 5.76. The van der Waals surface area contributed by atoms with Gasteiger partial charge in [0.15, 0.2) is 5.78 Å². The van der Waals surface area contributed by atoms with Crippen LogP contribution in [0.2, 0.25) is 0 Å². The first-order valence-corrected chi connectivity index (χ1v) is 10.9. The predicted molar refractivity (Wildman–Crippen MR) is 130 cm³/mol. The molecule has 2 heterocycles. The van der Waals surface area contributed by atoms with E-state index in [4.69, 9.17) is 0 Å². The Kier molecular flexibility index (Phi) is 5.45. The van der Waals surface area contributed by atoms with E-state index in [9.17, 15) is 9.59 Å². The van der Waals surface area contributed by atoms with Gasteiger partial charge in [-0.15, -0.1) is 0 Å². The lowest BCUT2D eigenvalue weighted by Crippen LogP contribution is -2.31. The number of nitrogens with zero attached hydrogens (tertiary/aromatic N) is 2. The number of aromatic amines is 1. The fraction of sp³-hybridized carbons (Fsp3) is 0.107. The first-order valence-electron chi connectivity index (χ1n) is 10.9. The quantitative estimate of drug-likeness (QED) is 0.346. The number of hydrogen-bond donors (Lipinski definition) is 1. The number of Topliss-reactive ketones (excluding diaryl/α,β-unsaturated/α-hetero) is 1. The zero-order chi connectivity index (χ0) is 22.8. The zero-order valence-electron chi connectivity index (χ0n) is 18.3. The van der Waals surface area contributed by atoms with Crippen molar-refractivity contribution in [1.82, 2.24) is 14.9 Å². The normalized spacial score (nSPS) is 11.1. The standard InChI is InChI=1S/C28H23N3O2/c1-19(32)26-27-23(22-14-8-9-15-24(22)29-27)16-25(30-26)28(33)31(17-20-10-4-2-5-11-20)18-21-12-6-3-7-13-21/h2-16,29H,17-18H2,1H3. The molecule has 1 amide bonds. The number of aromatic nitrogens is 2. The Morgan fingerprint density at radius 3 is 1.97 bits per heavy atom. The number of pyridine rings is 1. The smallest absolute Gasteiger partial charge is 0.273 e. The summed E-state index contributed by atoms with van der Waals surface area (Å²) < 4.78 is 0. The van der Waals surface area contributed by atoms with Gasteiger partial charge in [-0.3, -0.25) is 9.59 Å². The molecule has 0 spiro atoms. The van der Waals surface area contributed by atoms with Gasteiger partial charge in [-0.05, 0) is 23.3 Å². The summed E-state index contributed by atoms with van der Waals surface area (Å²) in [7, 11) is 0. The van der Waals surface area contributed by atoms with Gasteiger partial charge in [0.2, 0.25) is 0 Å². The minimum atomic E-state index is -0.211. The summed E-state index contributed by atoms with van der Waals surface area (Å²) in [6.45, 7) is 2.36. The van der Waals surface area contributed by atoms with Gasteiger partial charge >= 0.3 is 0 Å². The molecule has 0 bridgehead atoms. The largest absolute Gasteiger partial charge is 0.353 e. The van der Waals surface area contributed by atoms with E-state index in [-0.39, 0.29) is 23.1 Å². The van der Waals surface area contributed by atoms with Gasteiger partial charge < -0.3 is 9.88 Å². The van der Waals surface area contributed by atoms with Crippen molar-refractivity contribution >= 4 is 33.5 Å². The van der Waals surface area contributed by atoms with Crippen LogP contribution >= 0.6 is 0 Å². The van der Waals surface area contributed by atoms with Gasteiger partial charge in [0.1, 0.15) is 11.4 Å². The second kappa shape index (κ2) is 8.71. The Morgan fingerprint density at radius 1 is 0.788 bits per heavy atom. The molecule has 3 aromatic carbocycles. The second-order valence-electron chi connectivity index (χ2n) is 8.14. The molecule has 0 radical (unpaired) electrons. The Morgan fingerprint density at radius 2 is 1.36 bits per heavy atom. The highest BCUT2D eigenvalue weighted by molar-refractivity contribution is 6.15. The highest BCUT2D eigenvalue weighted by Gasteiger charge is 2.22. The zero-order valence-corrected chi connectivity index (χ0v) is 18.3. The fourth-order valence-corrected chi connectivity index (χ4v) is 4.18. The van der Waals surface area contributed by atoms with Crippen LogP contribution in [0, 0.1) is 0 Å². The van der Waals surface area contributed by atoms with Crippen molar-refractivity contribution in [2.45, 2.75) is 20.0 Å².